The maximum atomic E-state index is 13.2. The smallest absolute Gasteiger partial charge is 0.363 e. The molecule has 236 valence electrons. The molecule has 5 N–H and O–H groups in total. The maximum Gasteiger partial charge on any atom is 0.363 e. The zero-order valence-electron chi connectivity index (χ0n) is 22.5. The number of amides is 4. The number of nitro groups is 1. The fraction of sp³-hybridized carbons (Fsp3) is 0.318. The van der Waals surface area contributed by atoms with Crippen LogP contribution >= 0.6 is 22.9 Å². The number of nitrogens with two attached hydrogens (primary N) is 1. The minimum Gasteiger partial charge on any atom is -0.458 e. The van der Waals surface area contributed by atoms with Gasteiger partial charge in [0, 0.05) is 17.5 Å². The lowest BCUT2D eigenvalue weighted by molar-refractivity contribution is -0.384. The van der Waals surface area contributed by atoms with Gasteiger partial charge in [0.15, 0.2) is 16.9 Å². The van der Waals surface area contributed by atoms with Crippen molar-refractivity contribution in [3.05, 3.63) is 51.0 Å². The molecule has 0 unspecified atom stereocenters. The zero-order chi connectivity index (χ0) is 33.0. The number of thiazole rings is 1. The third-order valence-corrected chi connectivity index (χ3v) is 7.49. The lowest BCUT2D eigenvalue weighted by Gasteiger charge is -2.41. The summed E-state index contributed by atoms with van der Waals surface area (Å²) >= 11 is 6.29. The van der Waals surface area contributed by atoms with Gasteiger partial charge in [0.05, 0.1) is 4.92 Å². The van der Waals surface area contributed by atoms with Crippen LogP contribution in [0.5, 0.6) is 0 Å². The molecule has 0 spiro atoms. The number of nitro benzene ring substituents is 1. The number of nitrogens with zero attached hydrogens (tertiary/aromatic N) is 4. The summed E-state index contributed by atoms with van der Waals surface area (Å²) in [5.41, 5.74) is 2.54. The summed E-state index contributed by atoms with van der Waals surface area (Å²) in [4.78, 5) is 81.2. The number of hydrogen-bond acceptors (Lipinski definition) is 14. The van der Waals surface area contributed by atoms with Crippen molar-refractivity contribution in [1.29, 1.82) is 0 Å². The minimum absolute atomic E-state index is 0.0415. The van der Waals surface area contributed by atoms with Crippen LogP contribution in [0.3, 0.4) is 0 Å². The van der Waals surface area contributed by atoms with E-state index in [0.29, 0.717) is 5.56 Å². The second-order valence-electron chi connectivity index (χ2n) is 9.17. The number of oxime groups is 1. The van der Waals surface area contributed by atoms with Crippen molar-refractivity contribution in [3.63, 3.8) is 0 Å². The molecule has 4 amide bonds. The monoisotopic (exact) mass is 675 g/mol. The molecule has 2 atom stereocenters. The molecule has 1 aromatic heterocycles. The van der Waals surface area contributed by atoms with Crippen molar-refractivity contribution >= 4 is 79.4 Å². The molecule has 22 heteroatoms. The van der Waals surface area contributed by atoms with E-state index in [4.69, 9.17) is 26.9 Å². The Morgan fingerprint density at radius 1 is 1.27 bits per heavy atom. The second kappa shape index (κ2) is 13.3. The summed E-state index contributed by atoms with van der Waals surface area (Å²) in [6, 6.07) is 1.33. The number of benzene rings is 1. The van der Waals surface area contributed by atoms with Crippen LogP contribution < -0.4 is 16.4 Å². The van der Waals surface area contributed by atoms with E-state index in [1.54, 1.807) is 0 Å². The van der Waals surface area contributed by atoms with Gasteiger partial charge in [-0.15, -0.1) is 22.9 Å². The van der Waals surface area contributed by atoms with Crippen molar-refractivity contribution in [2.75, 3.05) is 11.2 Å². The van der Waals surface area contributed by atoms with Gasteiger partial charge in [0.25, 0.3) is 17.5 Å². The van der Waals surface area contributed by atoms with Crippen molar-refractivity contribution in [2.45, 2.75) is 38.1 Å². The number of carbonyl (C=O) groups excluding carboxylic acids is 5. The van der Waals surface area contributed by atoms with Crippen molar-refractivity contribution in [1.82, 2.24) is 14.6 Å². The Hall–Kier alpha value is -4.73. The van der Waals surface area contributed by atoms with E-state index in [9.17, 15) is 47.1 Å². The van der Waals surface area contributed by atoms with Crippen LogP contribution in [-0.2, 0) is 50.5 Å². The minimum atomic E-state index is -5.20. The number of nitrogens with one attached hydrogen (secondary N) is 2. The Bertz CT molecular complexity index is 1640. The number of anilines is 1. The van der Waals surface area contributed by atoms with Gasteiger partial charge >= 0.3 is 16.3 Å². The molecule has 3 rings (SSSR count). The van der Waals surface area contributed by atoms with Crippen LogP contribution in [0, 0.1) is 10.1 Å². The van der Waals surface area contributed by atoms with Gasteiger partial charge in [-0.2, -0.15) is 12.7 Å². The number of β-lactam (4-membered cyclic amide) rings is 1. The van der Waals surface area contributed by atoms with Gasteiger partial charge in [-0.05, 0) is 31.5 Å². The first-order chi connectivity index (χ1) is 20.5. The number of primary amides is 1. The van der Waals surface area contributed by atoms with Gasteiger partial charge in [-0.1, -0.05) is 5.16 Å². The highest BCUT2D eigenvalue weighted by molar-refractivity contribution is 7.84. The molecular weight excluding hydrogens is 654 g/mol. The topological polar surface area (TPSA) is 280 Å². The number of hydrogen-bond donors (Lipinski definition) is 4. The zero-order valence-corrected chi connectivity index (χ0v) is 24.8. The lowest BCUT2D eigenvalue weighted by atomic mass is 9.98. The van der Waals surface area contributed by atoms with Gasteiger partial charge in [-0.25, -0.2) is 9.78 Å². The SMILES string of the molecule is CC(C)(ON=C(C(=O)N[C@@H]1C(=O)N(S(=O)(=O)O)[C@@H]1C(N)=O)c1csc(NC(=O)CCl)n1)C(=O)OCc1ccc([N+](=O)[O-])cc1. The Morgan fingerprint density at radius 2 is 1.91 bits per heavy atom. The average Bonchev–Trinajstić information content (AvgIpc) is 3.39. The molecule has 2 aromatic rings. The molecule has 0 aliphatic carbocycles. The molecule has 0 radical (unpaired) electrons. The van der Waals surface area contributed by atoms with Crippen LogP contribution in [0.4, 0.5) is 10.8 Å². The Morgan fingerprint density at radius 3 is 2.45 bits per heavy atom. The van der Waals surface area contributed by atoms with Gasteiger partial charge in [0.2, 0.25) is 17.4 Å². The van der Waals surface area contributed by atoms with Crippen LogP contribution in [0.25, 0.3) is 0 Å². The fourth-order valence-electron chi connectivity index (χ4n) is 3.38. The molecule has 19 nitrogen and oxygen atoms in total. The van der Waals surface area contributed by atoms with E-state index in [1.807, 2.05) is 0 Å². The molecule has 0 bridgehead atoms. The van der Waals surface area contributed by atoms with E-state index in [2.05, 4.69) is 20.8 Å². The third-order valence-electron chi connectivity index (χ3n) is 5.58. The van der Waals surface area contributed by atoms with Gasteiger partial charge < -0.3 is 25.9 Å². The highest BCUT2D eigenvalue weighted by atomic mass is 35.5. The average molecular weight is 676 g/mol. The third kappa shape index (κ3) is 7.80. The van der Waals surface area contributed by atoms with E-state index in [-0.39, 0.29) is 27.4 Å². The number of halogens is 1. The summed E-state index contributed by atoms with van der Waals surface area (Å²) in [5, 5.41) is 20.1. The highest BCUT2D eigenvalue weighted by Gasteiger charge is 2.57. The van der Waals surface area contributed by atoms with E-state index >= 15 is 0 Å². The second-order valence-corrected chi connectivity index (χ2v) is 11.6. The summed E-state index contributed by atoms with van der Waals surface area (Å²) in [5.74, 6) is -6.08. The Kier molecular flexibility index (Phi) is 10.2. The lowest BCUT2D eigenvalue weighted by Crippen LogP contribution is -2.75. The first-order valence-corrected chi connectivity index (χ1v) is 14.7. The number of esters is 1. The quantitative estimate of drug-likeness (QED) is 0.0395. The van der Waals surface area contributed by atoms with E-state index in [0.717, 1.165) is 11.3 Å². The van der Waals surface area contributed by atoms with Gasteiger partial charge in [-0.3, -0.25) is 33.8 Å². The summed E-state index contributed by atoms with van der Waals surface area (Å²) in [7, 11) is -5.20. The number of non-ortho nitro benzene ring substituents is 1. The first-order valence-electron chi connectivity index (χ1n) is 11.9. The van der Waals surface area contributed by atoms with E-state index < -0.39 is 74.1 Å². The normalized spacial score (nSPS) is 16.9. The summed E-state index contributed by atoms with van der Waals surface area (Å²) in [6.45, 7) is 2.14. The standard InChI is InChI=1S/C22H22ClN7O12S2/c1-22(2,20(35)41-8-10-3-5-11(6-4-10)30(36)37)42-28-14(12-9-43-21(25-12)26-13(31)7-23)18(33)27-15-16(17(24)32)29(19(15)34)44(38,39)40/h3-6,9,15-16H,7-8H2,1-2H3,(H2,24,32)(H,27,33)(H,25,26,31)(H,38,39,40)/t15-,16-/m0/s1. The van der Waals surface area contributed by atoms with Crippen molar-refractivity contribution in [3.8, 4) is 0 Å². The number of rotatable bonds is 13. The maximum absolute atomic E-state index is 13.2. The molecule has 1 aromatic carbocycles. The highest BCUT2D eigenvalue weighted by Crippen LogP contribution is 2.24. The van der Waals surface area contributed by atoms with Crippen LogP contribution in [0.1, 0.15) is 25.1 Å². The van der Waals surface area contributed by atoms with Crippen LogP contribution in [0.15, 0.2) is 34.8 Å². The molecule has 1 aliphatic rings. The number of alkyl halides is 1. The molecule has 1 saturated heterocycles. The van der Waals surface area contributed by atoms with Crippen molar-refractivity contribution < 1.29 is 51.4 Å². The van der Waals surface area contributed by atoms with Gasteiger partial charge in [0.1, 0.15) is 24.2 Å². The Balaban J connectivity index is 1.84. The molecular formula is C22H22ClN7O12S2. The Labute approximate surface area is 256 Å². The predicted molar refractivity (Wildman–Crippen MR) is 149 cm³/mol. The first kappa shape index (κ1) is 33.8. The predicted octanol–water partition coefficient (Wildman–Crippen LogP) is -0.545. The summed E-state index contributed by atoms with van der Waals surface area (Å²) < 4.78 is 37.1. The fourth-order valence-corrected chi connectivity index (χ4v) is 5.01. The number of carbonyl (C=O) groups is 5. The number of ether oxygens (including phenoxy) is 1. The van der Waals surface area contributed by atoms with Crippen molar-refractivity contribution in [2.24, 2.45) is 10.9 Å². The molecule has 2 heterocycles. The summed E-state index contributed by atoms with van der Waals surface area (Å²) in [6.07, 6.45) is 0. The molecule has 0 saturated carbocycles. The molecule has 44 heavy (non-hydrogen) atoms. The van der Waals surface area contributed by atoms with Crippen LogP contribution in [0.2, 0.25) is 0 Å². The molecule has 1 fully saturated rings. The largest absolute Gasteiger partial charge is 0.458 e. The number of aromatic nitrogens is 1. The molecule has 1 aliphatic heterocycles. The van der Waals surface area contributed by atoms with Crippen LogP contribution in [-0.4, -0.2) is 86.1 Å². The van der Waals surface area contributed by atoms with E-state index in [1.165, 1.54) is 43.5 Å².